The Morgan fingerprint density at radius 2 is 2.00 bits per heavy atom. The highest BCUT2D eigenvalue weighted by Gasteiger charge is 1.99. The van der Waals surface area contributed by atoms with Crippen LogP contribution in [0.2, 0.25) is 0 Å². The normalized spacial score (nSPS) is 10.1. The monoisotopic (exact) mass is 294 g/mol. The lowest BCUT2D eigenvalue weighted by atomic mass is 10.4. The number of halogens is 1. The second kappa shape index (κ2) is 5.37. The zero-order valence-electron chi connectivity index (χ0n) is 8.77. The van der Waals surface area contributed by atoms with Gasteiger partial charge in [0.2, 0.25) is 0 Å². The van der Waals surface area contributed by atoms with Gasteiger partial charge in [-0.15, -0.1) is 0 Å². The maximum Gasteiger partial charge on any atom is 0.126 e. The van der Waals surface area contributed by atoms with Gasteiger partial charge in [-0.1, -0.05) is 33.8 Å². The molecular weight excluding hydrogens is 284 g/mol. The number of rotatable bonds is 3. The van der Waals surface area contributed by atoms with Crippen LogP contribution in [0.1, 0.15) is 0 Å². The van der Waals surface area contributed by atoms with E-state index in [9.17, 15) is 0 Å². The summed E-state index contributed by atoms with van der Waals surface area (Å²) in [6.07, 6.45) is 1.81. The van der Waals surface area contributed by atoms with Gasteiger partial charge in [0.05, 0.1) is 0 Å². The van der Waals surface area contributed by atoms with Crippen molar-refractivity contribution in [1.82, 2.24) is 4.98 Å². The molecule has 0 aliphatic carbocycles. The first-order chi connectivity index (χ1) is 7.78. The first kappa shape index (κ1) is 11.5. The molecule has 0 fully saturated rings. The second-order valence-corrected chi connectivity index (χ2v) is 5.25. The van der Waals surface area contributed by atoms with Gasteiger partial charge in [0.15, 0.2) is 0 Å². The summed E-state index contributed by atoms with van der Waals surface area (Å²) in [5, 5.41) is 3.03. The largest absolute Gasteiger partial charge is 0.373 e. The van der Waals surface area contributed by atoms with E-state index in [4.69, 9.17) is 0 Å². The first-order valence-electron chi connectivity index (χ1n) is 4.85. The minimum atomic E-state index is 0.889. The summed E-state index contributed by atoms with van der Waals surface area (Å²) in [4.78, 5) is 6.57. The van der Waals surface area contributed by atoms with Crippen molar-refractivity contribution in [3.63, 3.8) is 0 Å². The maximum absolute atomic E-state index is 4.18. The van der Waals surface area contributed by atoms with Crippen molar-refractivity contribution in [3.05, 3.63) is 47.1 Å². The summed E-state index contributed by atoms with van der Waals surface area (Å²) in [7, 11) is 1.87. The molecule has 2 rings (SSSR count). The quantitative estimate of drug-likeness (QED) is 0.925. The van der Waals surface area contributed by atoms with Crippen molar-refractivity contribution in [2.24, 2.45) is 0 Å². The van der Waals surface area contributed by atoms with Crippen molar-refractivity contribution in [2.75, 3.05) is 12.4 Å². The van der Waals surface area contributed by atoms with Crippen molar-refractivity contribution in [1.29, 1.82) is 0 Å². The smallest absolute Gasteiger partial charge is 0.126 e. The third-order valence-corrected chi connectivity index (χ3v) is 3.49. The van der Waals surface area contributed by atoms with E-state index in [2.05, 4.69) is 38.4 Å². The number of anilines is 1. The number of hydrogen-bond acceptors (Lipinski definition) is 3. The summed E-state index contributed by atoms with van der Waals surface area (Å²) in [6, 6.07) is 12.3. The van der Waals surface area contributed by atoms with Crippen LogP contribution in [0.4, 0.5) is 5.82 Å². The molecule has 16 heavy (non-hydrogen) atoms. The summed E-state index contributed by atoms with van der Waals surface area (Å²) in [5.41, 5.74) is 0. The molecule has 4 heteroatoms. The van der Waals surface area contributed by atoms with Gasteiger partial charge in [-0.2, -0.15) is 0 Å². The molecule has 1 aromatic heterocycles. The van der Waals surface area contributed by atoms with E-state index in [0.29, 0.717) is 0 Å². The zero-order valence-corrected chi connectivity index (χ0v) is 11.2. The molecule has 0 atom stereocenters. The summed E-state index contributed by atoms with van der Waals surface area (Å²) in [6.45, 7) is 0. The highest BCUT2D eigenvalue weighted by molar-refractivity contribution is 9.10. The van der Waals surface area contributed by atoms with E-state index in [0.717, 1.165) is 10.3 Å². The first-order valence-corrected chi connectivity index (χ1v) is 6.46. The molecule has 0 radical (unpaired) electrons. The average Bonchev–Trinajstić information content (AvgIpc) is 2.29. The fourth-order valence-electron chi connectivity index (χ4n) is 1.28. The summed E-state index contributed by atoms with van der Waals surface area (Å²) in [5.74, 6) is 0.889. The minimum absolute atomic E-state index is 0.889. The van der Waals surface area contributed by atoms with Crippen LogP contribution in [-0.2, 0) is 0 Å². The predicted molar refractivity (Wildman–Crippen MR) is 72.0 cm³/mol. The highest BCUT2D eigenvalue weighted by Crippen LogP contribution is 2.29. The van der Waals surface area contributed by atoms with Crippen LogP contribution in [0.25, 0.3) is 0 Å². The number of aromatic nitrogens is 1. The number of benzene rings is 1. The Bertz CT molecular complexity index is 488. The molecule has 0 saturated heterocycles. The fourth-order valence-corrected chi connectivity index (χ4v) is 2.73. The Balaban J connectivity index is 2.20. The Kier molecular flexibility index (Phi) is 3.85. The molecule has 1 heterocycles. The highest BCUT2D eigenvalue weighted by atomic mass is 79.9. The van der Waals surface area contributed by atoms with E-state index in [-0.39, 0.29) is 0 Å². The standard InChI is InChI=1S/C12H11BrN2S/c1-14-12-8-11(5-6-15-12)16-10-4-2-3-9(13)7-10/h2-8H,1H3,(H,14,15). The molecule has 2 nitrogen and oxygen atoms in total. The molecular formula is C12H11BrN2S. The Hall–Kier alpha value is -1.00. The van der Waals surface area contributed by atoms with Gasteiger partial charge in [-0.25, -0.2) is 4.98 Å². The van der Waals surface area contributed by atoms with Gasteiger partial charge in [0.1, 0.15) is 5.82 Å². The number of nitrogens with one attached hydrogen (secondary N) is 1. The Labute approximate surface area is 108 Å². The van der Waals surface area contributed by atoms with Crippen LogP contribution in [0.5, 0.6) is 0 Å². The molecule has 1 N–H and O–H groups in total. The van der Waals surface area contributed by atoms with Crippen LogP contribution in [0.3, 0.4) is 0 Å². The van der Waals surface area contributed by atoms with Gasteiger partial charge in [0.25, 0.3) is 0 Å². The molecule has 0 aliphatic heterocycles. The van der Waals surface area contributed by atoms with Gasteiger partial charge in [0, 0.05) is 27.5 Å². The molecule has 0 saturated carbocycles. The van der Waals surface area contributed by atoms with Crippen LogP contribution < -0.4 is 5.32 Å². The van der Waals surface area contributed by atoms with Gasteiger partial charge >= 0.3 is 0 Å². The summed E-state index contributed by atoms with van der Waals surface area (Å²) < 4.78 is 1.10. The zero-order chi connectivity index (χ0) is 11.4. The molecule has 0 spiro atoms. The number of nitrogens with zero attached hydrogens (tertiary/aromatic N) is 1. The lowest BCUT2D eigenvalue weighted by Crippen LogP contribution is -1.90. The molecule has 0 aliphatic rings. The van der Waals surface area contributed by atoms with Gasteiger partial charge in [-0.05, 0) is 30.3 Å². The molecule has 82 valence electrons. The van der Waals surface area contributed by atoms with Crippen LogP contribution in [-0.4, -0.2) is 12.0 Å². The van der Waals surface area contributed by atoms with E-state index in [1.54, 1.807) is 11.8 Å². The van der Waals surface area contributed by atoms with E-state index in [1.165, 1.54) is 9.79 Å². The van der Waals surface area contributed by atoms with Crippen LogP contribution >= 0.6 is 27.7 Å². The van der Waals surface area contributed by atoms with Crippen LogP contribution in [0.15, 0.2) is 56.9 Å². The van der Waals surface area contributed by atoms with E-state index < -0.39 is 0 Å². The van der Waals surface area contributed by atoms with Crippen molar-refractivity contribution < 1.29 is 0 Å². The maximum atomic E-state index is 4.18. The lowest BCUT2D eigenvalue weighted by molar-refractivity contribution is 1.23. The van der Waals surface area contributed by atoms with Crippen molar-refractivity contribution in [2.45, 2.75) is 9.79 Å². The topological polar surface area (TPSA) is 24.9 Å². The average molecular weight is 295 g/mol. The van der Waals surface area contributed by atoms with Crippen molar-refractivity contribution >= 4 is 33.5 Å². The Morgan fingerprint density at radius 1 is 1.19 bits per heavy atom. The lowest BCUT2D eigenvalue weighted by Gasteiger charge is -2.04. The fraction of sp³-hybridized carbons (Fsp3) is 0.0833. The molecule has 0 unspecified atom stereocenters. The Morgan fingerprint density at radius 3 is 2.75 bits per heavy atom. The van der Waals surface area contributed by atoms with Crippen molar-refractivity contribution in [3.8, 4) is 0 Å². The number of pyridine rings is 1. The molecule has 0 amide bonds. The van der Waals surface area contributed by atoms with E-state index in [1.807, 2.05) is 37.5 Å². The molecule has 2 aromatic rings. The minimum Gasteiger partial charge on any atom is -0.373 e. The van der Waals surface area contributed by atoms with Gasteiger partial charge < -0.3 is 5.32 Å². The summed E-state index contributed by atoms with van der Waals surface area (Å²) >= 11 is 5.19. The van der Waals surface area contributed by atoms with Crippen LogP contribution in [0, 0.1) is 0 Å². The predicted octanol–water partition coefficient (Wildman–Crippen LogP) is 4.04. The number of hydrogen-bond donors (Lipinski definition) is 1. The third-order valence-electron chi connectivity index (χ3n) is 2.02. The van der Waals surface area contributed by atoms with Gasteiger partial charge in [-0.3, -0.25) is 0 Å². The molecule has 0 bridgehead atoms. The second-order valence-electron chi connectivity index (χ2n) is 3.19. The van der Waals surface area contributed by atoms with E-state index >= 15 is 0 Å². The molecule has 1 aromatic carbocycles. The third kappa shape index (κ3) is 3.00. The SMILES string of the molecule is CNc1cc(Sc2cccc(Br)c2)ccn1.